The van der Waals surface area contributed by atoms with Gasteiger partial charge in [-0.05, 0) is 24.9 Å². The van der Waals surface area contributed by atoms with Gasteiger partial charge in [0.15, 0.2) is 0 Å². The average Bonchev–Trinajstić information content (AvgIpc) is 2.79. The maximum absolute atomic E-state index is 5.64. The van der Waals surface area contributed by atoms with E-state index >= 15 is 0 Å². The molecule has 1 saturated heterocycles. The van der Waals surface area contributed by atoms with Crippen LogP contribution in [0.5, 0.6) is 0 Å². The number of rotatable bonds is 4. The predicted octanol–water partition coefficient (Wildman–Crippen LogP) is 1.60. The lowest BCUT2D eigenvalue weighted by Crippen LogP contribution is -2.43. The average molecular weight is 238 g/mol. The van der Waals surface area contributed by atoms with Crippen molar-refractivity contribution in [3.63, 3.8) is 0 Å². The van der Waals surface area contributed by atoms with Crippen LogP contribution in [-0.4, -0.2) is 31.2 Å². The van der Waals surface area contributed by atoms with Gasteiger partial charge in [-0.25, -0.2) is 0 Å². The standard InChI is InChI=1S/C13H22N2O2/c1-10-3-5-15(9-13(10)16-2)8-11-4-6-17-12(11)7-14/h4,6,10,13H,3,5,7-9,14H2,1-2H3. The van der Waals surface area contributed by atoms with Crippen LogP contribution >= 0.6 is 0 Å². The lowest BCUT2D eigenvalue weighted by Gasteiger charge is -2.36. The highest BCUT2D eigenvalue weighted by atomic mass is 16.5. The van der Waals surface area contributed by atoms with Gasteiger partial charge in [0.25, 0.3) is 0 Å². The van der Waals surface area contributed by atoms with Crippen LogP contribution in [0.3, 0.4) is 0 Å². The van der Waals surface area contributed by atoms with Crippen molar-refractivity contribution in [3.05, 3.63) is 23.7 Å². The summed E-state index contributed by atoms with van der Waals surface area (Å²) in [5.41, 5.74) is 6.84. The second-order valence-electron chi connectivity index (χ2n) is 4.85. The van der Waals surface area contributed by atoms with Crippen molar-refractivity contribution in [2.45, 2.75) is 32.5 Å². The lowest BCUT2D eigenvalue weighted by molar-refractivity contribution is -0.00758. The molecule has 4 heteroatoms. The van der Waals surface area contributed by atoms with Gasteiger partial charge in [-0.2, -0.15) is 0 Å². The molecule has 96 valence electrons. The Kier molecular flexibility index (Phi) is 4.20. The zero-order valence-electron chi connectivity index (χ0n) is 10.7. The van der Waals surface area contributed by atoms with Crippen LogP contribution in [-0.2, 0) is 17.8 Å². The Morgan fingerprint density at radius 2 is 2.41 bits per heavy atom. The maximum atomic E-state index is 5.64. The van der Waals surface area contributed by atoms with Crippen LogP contribution in [0.4, 0.5) is 0 Å². The zero-order valence-corrected chi connectivity index (χ0v) is 10.7. The van der Waals surface area contributed by atoms with Gasteiger partial charge in [0.1, 0.15) is 5.76 Å². The molecule has 0 saturated carbocycles. The number of piperidine rings is 1. The van der Waals surface area contributed by atoms with E-state index in [1.807, 2.05) is 6.07 Å². The van der Waals surface area contributed by atoms with E-state index in [2.05, 4.69) is 11.8 Å². The Balaban J connectivity index is 1.95. The summed E-state index contributed by atoms with van der Waals surface area (Å²) in [6.45, 7) is 5.76. The molecule has 17 heavy (non-hydrogen) atoms. The monoisotopic (exact) mass is 238 g/mol. The van der Waals surface area contributed by atoms with Crippen molar-refractivity contribution in [2.24, 2.45) is 11.7 Å². The number of nitrogens with zero attached hydrogens (tertiary/aromatic N) is 1. The molecule has 1 fully saturated rings. The van der Waals surface area contributed by atoms with Gasteiger partial charge < -0.3 is 14.9 Å². The fraction of sp³-hybridized carbons (Fsp3) is 0.692. The van der Waals surface area contributed by atoms with Crippen LogP contribution < -0.4 is 5.73 Å². The summed E-state index contributed by atoms with van der Waals surface area (Å²) in [6.07, 6.45) is 3.25. The Bertz CT molecular complexity index is 351. The molecule has 0 spiro atoms. The Morgan fingerprint density at radius 1 is 1.59 bits per heavy atom. The summed E-state index contributed by atoms with van der Waals surface area (Å²) < 4.78 is 10.9. The molecule has 2 rings (SSSR count). The fourth-order valence-corrected chi connectivity index (χ4v) is 2.48. The van der Waals surface area contributed by atoms with Gasteiger partial charge in [0.2, 0.25) is 0 Å². The Labute approximate surface area is 103 Å². The van der Waals surface area contributed by atoms with Crippen molar-refractivity contribution in [1.82, 2.24) is 4.90 Å². The molecular formula is C13H22N2O2. The molecule has 0 radical (unpaired) electrons. The molecular weight excluding hydrogens is 216 g/mol. The molecule has 0 aliphatic carbocycles. The topological polar surface area (TPSA) is 51.6 Å². The molecule has 0 amide bonds. The predicted molar refractivity (Wildman–Crippen MR) is 66.5 cm³/mol. The largest absolute Gasteiger partial charge is 0.468 e. The molecule has 4 nitrogen and oxygen atoms in total. The van der Waals surface area contributed by atoms with Crippen LogP contribution in [0.25, 0.3) is 0 Å². The van der Waals surface area contributed by atoms with E-state index < -0.39 is 0 Å². The Morgan fingerprint density at radius 3 is 3.12 bits per heavy atom. The number of methoxy groups -OCH3 is 1. The van der Waals surface area contributed by atoms with E-state index in [0.717, 1.165) is 25.4 Å². The van der Waals surface area contributed by atoms with Crippen LogP contribution in [0.15, 0.2) is 16.7 Å². The summed E-state index contributed by atoms with van der Waals surface area (Å²) >= 11 is 0. The first-order valence-electron chi connectivity index (χ1n) is 6.25. The third-order valence-corrected chi connectivity index (χ3v) is 3.69. The smallest absolute Gasteiger partial charge is 0.121 e. The highest BCUT2D eigenvalue weighted by Crippen LogP contribution is 2.22. The van der Waals surface area contributed by atoms with E-state index in [1.54, 1.807) is 13.4 Å². The van der Waals surface area contributed by atoms with E-state index in [9.17, 15) is 0 Å². The minimum atomic E-state index is 0.344. The third kappa shape index (κ3) is 2.89. The molecule has 1 aliphatic heterocycles. The van der Waals surface area contributed by atoms with Crippen LogP contribution in [0.2, 0.25) is 0 Å². The second kappa shape index (κ2) is 5.67. The molecule has 2 N–H and O–H groups in total. The molecule has 0 bridgehead atoms. The quantitative estimate of drug-likeness (QED) is 0.865. The first-order valence-corrected chi connectivity index (χ1v) is 6.25. The molecule has 1 aliphatic rings. The molecule has 1 aromatic rings. The van der Waals surface area contributed by atoms with Crippen molar-refractivity contribution >= 4 is 0 Å². The molecule has 2 atom stereocenters. The minimum absolute atomic E-state index is 0.344. The summed E-state index contributed by atoms with van der Waals surface area (Å²) in [7, 11) is 1.80. The van der Waals surface area contributed by atoms with E-state index in [1.165, 1.54) is 12.0 Å². The van der Waals surface area contributed by atoms with Gasteiger partial charge >= 0.3 is 0 Å². The van der Waals surface area contributed by atoms with E-state index in [4.69, 9.17) is 14.9 Å². The van der Waals surface area contributed by atoms with Gasteiger partial charge in [0, 0.05) is 25.8 Å². The van der Waals surface area contributed by atoms with Gasteiger partial charge in [0.05, 0.1) is 18.9 Å². The fourth-order valence-electron chi connectivity index (χ4n) is 2.48. The second-order valence-corrected chi connectivity index (χ2v) is 4.85. The van der Waals surface area contributed by atoms with Crippen LogP contribution in [0, 0.1) is 5.92 Å². The SMILES string of the molecule is COC1CN(Cc2ccoc2CN)CCC1C. The van der Waals surface area contributed by atoms with Crippen LogP contribution in [0.1, 0.15) is 24.7 Å². The molecule has 2 heterocycles. The van der Waals surface area contributed by atoms with Crippen molar-refractivity contribution in [3.8, 4) is 0 Å². The number of hydrogen-bond donors (Lipinski definition) is 1. The molecule has 1 aromatic heterocycles. The minimum Gasteiger partial charge on any atom is -0.468 e. The molecule has 0 aromatic carbocycles. The summed E-state index contributed by atoms with van der Waals surface area (Å²) in [5, 5.41) is 0. The van der Waals surface area contributed by atoms with Crippen molar-refractivity contribution < 1.29 is 9.15 Å². The third-order valence-electron chi connectivity index (χ3n) is 3.69. The first kappa shape index (κ1) is 12.6. The van der Waals surface area contributed by atoms with Gasteiger partial charge in [-0.1, -0.05) is 6.92 Å². The van der Waals surface area contributed by atoms with Gasteiger partial charge in [-0.3, -0.25) is 4.90 Å². The summed E-state index contributed by atoms with van der Waals surface area (Å²) in [5.74, 6) is 1.55. The highest BCUT2D eigenvalue weighted by Gasteiger charge is 2.26. The summed E-state index contributed by atoms with van der Waals surface area (Å²) in [4.78, 5) is 2.41. The van der Waals surface area contributed by atoms with Gasteiger partial charge in [-0.15, -0.1) is 0 Å². The number of furan rings is 1. The van der Waals surface area contributed by atoms with Crippen molar-refractivity contribution in [1.29, 1.82) is 0 Å². The normalized spacial score (nSPS) is 26.3. The molecule has 2 unspecified atom stereocenters. The lowest BCUT2D eigenvalue weighted by atomic mass is 9.95. The number of nitrogens with two attached hydrogens (primary N) is 1. The van der Waals surface area contributed by atoms with Crippen molar-refractivity contribution in [2.75, 3.05) is 20.2 Å². The summed E-state index contributed by atoms with van der Waals surface area (Å²) in [6, 6.07) is 2.02. The Hall–Kier alpha value is -0.840. The first-order chi connectivity index (χ1) is 8.24. The zero-order chi connectivity index (χ0) is 12.3. The number of likely N-dealkylation sites (tertiary alicyclic amines) is 1. The highest BCUT2D eigenvalue weighted by molar-refractivity contribution is 5.16. The number of hydrogen-bond acceptors (Lipinski definition) is 4. The van der Waals surface area contributed by atoms with E-state index in [0.29, 0.717) is 18.6 Å². The maximum Gasteiger partial charge on any atom is 0.121 e. The number of ether oxygens (including phenoxy) is 1. The van der Waals surface area contributed by atoms with E-state index in [-0.39, 0.29) is 0 Å².